The van der Waals surface area contributed by atoms with E-state index in [4.69, 9.17) is 0 Å². The van der Waals surface area contributed by atoms with E-state index in [0.717, 1.165) is 62.2 Å². The van der Waals surface area contributed by atoms with Gasteiger partial charge in [-0.15, -0.1) is 11.3 Å². The topological polar surface area (TPSA) is 45.5 Å². The van der Waals surface area contributed by atoms with Crippen molar-refractivity contribution in [3.8, 4) is 0 Å². The van der Waals surface area contributed by atoms with Gasteiger partial charge in [0.15, 0.2) is 0 Å². The van der Waals surface area contributed by atoms with Crippen LogP contribution in [0.15, 0.2) is 6.07 Å². The maximum absolute atomic E-state index is 13.3. The maximum atomic E-state index is 13.3. The molecule has 6 heteroatoms. The van der Waals surface area contributed by atoms with Crippen LogP contribution in [0.3, 0.4) is 0 Å². The van der Waals surface area contributed by atoms with Gasteiger partial charge in [0.2, 0.25) is 0 Å². The van der Waals surface area contributed by atoms with Crippen LogP contribution in [0.1, 0.15) is 107 Å². The number of hydrogen-bond donors (Lipinski definition) is 0. The molecule has 5 heterocycles. The van der Waals surface area contributed by atoms with Crippen molar-refractivity contribution in [2.24, 2.45) is 5.41 Å². The lowest BCUT2D eigenvalue weighted by atomic mass is 9.89. The number of thiophene rings is 1. The summed E-state index contributed by atoms with van der Waals surface area (Å²) in [6, 6.07) is 2.61. The van der Waals surface area contributed by atoms with Crippen LogP contribution >= 0.6 is 11.3 Å². The quantitative estimate of drug-likeness (QED) is 0.611. The zero-order valence-electron chi connectivity index (χ0n) is 20.5. The third-order valence-corrected chi connectivity index (χ3v) is 9.73. The van der Waals surface area contributed by atoms with Crippen molar-refractivity contribution in [1.29, 1.82) is 0 Å². The first kappa shape index (κ1) is 21.5. The van der Waals surface area contributed by atoms with Crippen LogP contribution < -0.4 is 0 Å². The van der Waals surface area contributed by atoms with Gasteiger partial charge in [0.25, 0.3) is 11.8 Å². The summed E-state index contributed by atoms with van der Waals surface area (Å²) in [5.41, 5.74) is 6.56. The van der Waals surface area contributed by atoms with Gasteiger partial charge in [0.1, 0.15) is 0 Å². The molecule has 0 aromatic carbocycles. The lowest BCUT2D eigenvalue weighted by Crippen LogP contribution is -2.35. The summed E-state index contributed by atoms with van der Waals surface area (Å²) in [7, 11) is 0. The van der Waals surface area contributed by atoms with Crippen molar-refractivity contribution in [3.63, 3.8) is 0 Å². The first-order chi connectivity index (χ1) is 15.6. The summed E-state index contributed by atoms with van der Waals surface area (Å²) in [5.74, 6) is 0.839. The molecule has 2 atom stereocenters. The number of carbonyl (C=O) groups is 2. The van der Waals surface area contributed by atoms with Crippen LogP contribution in [0.25, 0.3) is 0 Å². The third-order valence-electron chi connectivity index (χ3n) is 8.46. The molecule has 0 spiro atoms. The number of nitrogens with zero attached hydrogens (tertiary/aromatic N) is 3. The fourth-order valence-corrected chi connectivity index (χ4v) is 8.28. The van der Waals surface area contributed by atoms with Crippen LogP contribution in [0.2, 0.25) is 0 Å². The maximum Gasteiger partial charge on any atom is 0.264 e. The Morgan fingerprint density at radius 3 is 2.61 bits per heavy atom. The van der Waals surface area contributed by atoms with Gasteiger partial charge in [-0.3, -0.25) is 9.59 Å². The standard InChI is InChI=1S/C27H35N3O2S/c1-15(2)29-14-22-18(25(29)31)10-21-17(7-6-8-28(21)22)9-16(3)30-13-20-19-11-27(4,5)12-23(19)33-24(20)26(30)32/h10,15-17H,6-9,11-14H2,1-5H3. The molecule has 0 radical (unpaired) electrons. The Morgan fingerprint density at radius 2 is 1.85 bits per heavy atom. The smallest absolute Gasteiger partial charge is 0.264 e. The summed E-state index contributed by atoms with van der Waals surface area (Å²) < 4.78 is 2.42. The molecular weight excluding hydrogens is 430 g/mol. The van der Waals surface area contributed by atoms with Gasteiger partial charge in [-0.2, -0.15) is 0 Å². The Hall–Kier alpha value is -2.08. The van der Waals surface area contributed by atoms with Crippen LogP contribution in [0.5, 0.6) is 0 Å². The summed E-state index contributed by atoms with van der Waals surface area (Å²) in [4.78, 5) is 32.8. The lowest BCUT2D eigenvalue weighted by molar-refractivity contribution is 0.0702. The second-order valence-corrected chi connectivity index (χ2v) is 12.9. The van der Waals surface area contributed by atoms with Crippen molar-refractivity contribution in [1.82, 2.24) is 14.4 Å². The average molecular weight is 466 g/mol. The molecule has 2 aromatic rings. The van der Waals surface area contributed by atoms with Crippen molar-refractivity contribution in [2.45, 2.75) is 104 Å². The Morgan fingerprint density at radius 1 is 1.06 bits per heavy atom. The number of carbonyl (C=O) groups excluding carboxylic acids is 2. The van der Waals surface area contributed by atoms with Crippen molar-refractivity contribution in [2.75, 3.05) is 0 Å². The lowest BCUT2D eigenvalue weighted by Gasteiger charge is -2.32. The van der Waals surface area contributed by atoms with Gasteiger partial charge in [-0.25, -0.2) is 0 Å². The molecule has 5 nitrogen and oxygen atoms in total. The first-order valence-electron chi connectivity index (χ1n) is 12.6. The van der Waals surface area contributed by atoms with E-state index in [1.54, 1.807) is 11.3 Å². The molecule has 33 heavy (non-hydrogen) atoms. The highest BCUT2D eigenvalue weighted by atomic mass is 32.1. The SMILES string of the molecule is CC(C)N1Cc2c(cc3n2CCCC3CC(C)N2Cc3c(sc4c3CC(C)(C)C4)C2=O)C1=O. The largest absolute Gasteiger partial charge is 0.346 e. The monoisotopic (exact) mass is 465 g/mol. The average Bonchev–Trinajstić information content (AvgIpc) is 3.49. The van der Waals surface area contributed by atoms with Gasteiger partial charge in [-0.1, -0.05) is 13.8 Å². The molecule has 2 unspecified atom stereocenters. The third kappa shape index (κ3) is 3.16. The van der Waals surface area contributed by atoms with Crippen molar-refractivity contribution >= 4 is 23.2 Å². The predicted octanol–water partition coefficient (Wildman–Crippen LogP) is 5.35. The molecule has 2 aromatic heterocycles. The summed E-state index contributed by atoms with van der Waals surface area (Å²) in [5, 5.41) is 0. The second kappa shape index (κ2) is 7.21. The molecule has 0 bridgehead atoms. The molecule has 6 rings (SSSR count). The Bertz CT molecular complexity index is 1170. The fourth-order valence-electron chi connectivity index (χ4n) is 6.74. The molecule has 1 aliphatic carbocycles. The van der Waals surface area contributed by atoms with Gasteiger partial charge in [0.05, 0.1) is 22.7 Å². The van der Waals surface area contributed by atoms with Gasteiger partial charge < -0.3 is 14.4 Å². The highest BCUT2D eigenvalue weighted by Crippen LogP contribution is 2.47. The molecule has 0 fully saturated rings. The number of fused-ring (bicyclic) bond motifs is 6. The van der Waals surface area contributed by atoms with Crippen LogP contribution in [0, 0.1) is 5.41 Å². The zero-order valence-corrected chi connectivity index (χ0v) is 21.3. The van der Waals surface area contributed by atoms with Gasteiger partial charge in [-0.05, 0) is 75.5 Å². The van der Waals surface area contributed by atoms with Crippen LogP contribution in [-0.4, -0.2) is 38.3 Å². The van der Waals surface area contributed by atoms with E-state index in [2.05, 4.69) is 50.2 Å². The normalized spacial score (nSPS) is 23.9. The van der Waals surface area contributed by atoms with Gasteiger partial charge >= 0.3 is 0 Å². The Labute approximate surface area is 200 Å². The molecule has 2 amide bonds. The summed E-state index contributed by atoms with van der Waals surface area (Å²) in [6.07, 6.45) is 5.47. The summed E-state index contributed by atoms with van der Waals surface area (Å²) >= 11 is 1.76. The number of amides is 2. The first-order valence-corrected chi connectivity index (χ1v) is 13.4. The highest BCUT2D eigenvalue weighted by molar-refractivity contribution is 7.14. The van der Waals surface area contributed by atoms with E-state index in [-0.39, 0.29) is 23.9 Å². The van der Waals surface area contributed by atoms with E-state index >= 15 is 0 Å². The van der Waals surface area contributed by atoms with E-state index in [1.165, 1.54) is 27.4 Å². The van der Waals surface area contributed by atoms with Crippen molar-refractivity contribution < 1.29 is 9.59 Å². The molecular formula is C27H35N3O2S. The number of aromatic nitrogens is 1. The molecule has 3 aliphatic heterocycles. The number of hydrogen-bond acceptors (Lipinski definition) is 3. The number of rotatable bonds is 4. The van der Waals surface area contributed by atoms with Gasteiger partial charge in [0, 0.05) is 41.7 Å². The fraction of sp³-hybridized carbons (Fsp3) is 0.630. The van der Waals surface area contributed by atoms with Crippen LogP contribution in [0.4, 0.5) is 0 Å². The second-order valence-electron chi connectivity index (χ2n) is 11.8. The van der Waals surface area contributed by atoms with Crippen molar-refractivity contribution in [3.05, 3.63) is 43.9 Å². The Kier molecular flexibility index (Phi) is 4.69. The molecule has 4 aliphatic rings. The minimum Gasteiger partial charge on any atom is -0.346 e. The molecule has 0 N–H and O–H groups in total. The van der Waals surface area contributed by atoms with E-state index in [9.17, 15) is 9.59 Å². The van der Waals surface area contributed by atoms with Crippen LogP contribution in [-0.2, 0) is 32.5 Å². The van der Waals surface area contributed by atoms with E-state index < -0.39 is 0 Å². The molecule has 176 valence electrons. The molecule has 0 saturated heterocycles. The predicted molar refractivity (Wildman–Crippen MR) is 131 cm³/mol. The summed E-state index contributed by atoms with van der Waals surface area (Å²) in [6.45, 7) is 13.6. The zero-order chi connectivity index (χ0) is 23.2. The van der Waals surface area contributed by atoms with E-state index in [0.29, 0.717) is 11.3 Å². The Balaban J connectivity index is 1.21. The minimum absolute atomic E-state index is 0.185. The van der Waals surface area contributed by atoms with E-state index in [1.807, 2.05) is 4.90 Å². The minimum atomic E-state index is 0.185. The molecule has 0 saturated carbocycles. The highest BCUT2D eigenvalue weighted by Gasteiger charge is 2.42.